The molecule has 0 bridgehead atoms. The van der Waals surface area contributed by atoms with Gasteiger partial charge in [0.1, 0.15) is 0 Å². The smallest absolute Gasteiger partial charge is 0.00207 e. The number of rotatable bonds is 12. The molecule has 0 atom stereocenters. The molecular formula is C14H32N2. The topological polar surface area (TPSA) is 38.0 Å². The Hall–Kier alpha value is -0.0800. The molecule has 0 aromatic carbocycles. The van der Waals surface area contributed by atoms with Gasteiger partial charge >= 0.3 is 0 Å². The Morgan fingerprint density at radius 1 is 0.875 bits per heavy atom. The van der Waals surface area contributed by atoms with Gasteiger partial charge in [-0.15, -0.1) is 0 Å². The Balaban J connectivity index is 3.03. The van der Waals surface area contributed by atoms with Crippen molar-refractivity contribution in [2.45, 2.75) is 65.2 Å². The first-order valence-electron chi connectivity index (χ1n) is 7.25. The van der Waals surface area contributed by atoms with Gasteiger partial charge in [0.2, 0.25) is 0 Å². The van der Waals surface area contributed by atoms with Crippen LogP contribution in [0.5, 0.6) is 0 Å². The van der Waals surface area contributed by atoms with Gasteiger partial charge in [-0.2, -0.15) is 0 Å². The summed E-state index contributed by atoms with van der Waals surface area (Å²) < 4.78 is 0. The lowest BCUT2D eigenvalue weighted by molar-refractivity contribution is 0.443. The molecular weight excluding hydrogens is 196 g/mol. The molecule has 2 heteroatoms. The normalized spacial score (nSPS) is 11.2. The van der Waals surface area contributed by atoms with E-state index in [0.717, 1.165) is 12.5 Å². The van der Waals surface area contributed by atoms with E-state index in [2.05, 4.69) is 19.2 Å². The molecule has 0 unspecified atom stereocenters. The molecule has 0 aliphatic heterocycles. The lowest BCUT2D eigenvalue weighted by Crippen LogP contribution is -2.23. The van der Waals surface area contributed by atoms with Crippen molar-refractivity contribution in [3.8, 4) is 0 Å². The summed E-state index contributed by atoms with van der Waals surface area (Å²) in [4.78, 5) is 0. The second-order valence-electron chi connectivity index (χ2n) is 4.80. The second-order valence-corrected chi connectivity index (χ2v) is 4.80. The summed E-state index contributed by atoms with van der Waals surface area (Å²) in [6.07, 6.45) is 10.6. The third-order valence-electron chi connectivity index (χ3n) is 3.40. The largest absolute Gasteiger partial charge is 0.330 e. The molecule has 0 heterocycles. The standard InChI is InChI=1S/C14H32N2/c1-3-14(4-2)13-16-12-10-8-6-5-7-9-11-15/h14,16H,3-13,15H2,1-2H3. The molecule has 0 radical (unpaired) electrons. The van der Waals surface area contributed by atoms with Crippen LogP contribution in [0.4, 0.5) is 0 Å². The summed E-state index contributed by atoms with van der Waals surface area (Å²) in [7, 11) is 0. The first kappa shape index (κ1) is 15.9. The molecule has 0 amide bonds. The van der Waals surface area contributed by atoms with Crippen molar-refractivity contribution in [1.29, 1.82) is 0 Å². The summed E-state index contributed by atoms with van der Waals surface area (Å²) >= 11 is 0. The van der Waals surface area contributed by atoms with Gasteiger partial charge < -0.3 is 11.1 Å². The van der Waals surface area contributed by atoms with Crippen molar-refractivity contribution in [3.63, 3.8) is 0 Å². The van der Waals surface area contributed by atoms with Crippen LogP contribution in [0.2, 0.25) is 0 Å². The van der Waals surface area contributed by atoms with Crippen molar-refractivity contribution in [3.05, 3.63) is 0 Å². The van der Waals surface area contributed by atoms with E-state index < -0.39 is 0 Å². The van der Waals surface area contributed by atoms with Gasteiger partial charge in [-0.05, 0) is 38.4 Å². The van der Waals surface area contributed by atoms with E-state index in [-0.39, 0.29) is 0 Å². The Morgan fingerprint density at radius 3 is 2.00 bits per heavy atom. The predicted octanol–water partition coefficient (Wildman–Crippen LogP) is 3.31. The fourth-order valence-electron chi connectivity index (χ4n) is 1.98. The summed E-state index contributed by atoms with van der Waals surface area (Å²) in [6.45, 7) is 7.84. The van der Waals surface area contributed by atoms with Crippen LogP contribution < -0.4 is 11.1 Å². The van der Waals surface area contributed by atoms with Crippen LogP contribution in [0.3, 0.4) is 0 Å². The van der Waals surface area contributed by atoms with Gasteiger partial charge in [0.05, 0.1) is 0 Å². The maximum atomic E-state index is 5.45. The maximum absolute atomic E-state index is 5.45. The summed E-state index contributed by atoms with van der Waals surface area (Å²) in [5, 5.41) is 3.57. The van der Waals surface area contributed by atoms with E-state index in [9.17, 15) is 0 Å². The minimum absolute atomic E-state index is 0.858. The van der Waals surface area contributed by atoms with Crippen LogP contribution in [0.15, 0.2) is 0 Å². The first-order chi connectivity index (χ1) is 7.85. The van der Waals surface area contributed by atoms with Crippen LogP contribution in [0.1, 0.15) is 65.2 Å². The van der Waals surface area contributed by atoms with Crippen molar-refractivity contribution < 1.29 is 0 Å². The molecule has 0 aromatic heterocycles. The number of nitrogens with two attached hydrogens (primary N) is 1. The Bertz CT molecular complexity index is 122. The Morgan fingerprint density at radius 2 is 1.44 bits per heavy atom. The average Bonchev–Trinajstić information content (AvgIpc) is 2.32. The predicted molar refractivity (Wildman–Crippen MR) is 73.7 cm³/mol. The molecule has 0 fully saturated rings. The molecule has 0 saturated carbocycles. The van der Waals surface area contributed by atoms with Gasteiger partial charge in [-0.1, -0.05) is 52.4 Å². The molecule has 3 N–H and O–H groups in total. The summed E-state index contributed by atoms with van der Waals surface area (Å²) in [6, 6.07) is 0. The zero-order valence-corrected chi connectivity index (χ0v) is 11.4. The highest BCUT2D eigenvalue weighted by atomic mass is 14.8. The Labute approximate surface area is 102 Å². The fourth-order valence-corrected chi connectivity index (χ4v) is 1.98. The summed E-state index contributed by atoms with van der Waals surface area (Å²) in [5.74, 6) is 0.879. The number of nitrogens with one attached hydrogen (secondary N) is 1. The van der Waals surface area contributed by atoms with E-state index in [1.807, 2.05) is 0 Å². The minimum Gasteiger partial charge on any atom is -0.330 e. The van der Waals surface area contributed by atoms with E-state index in [1.165, 1.54) is 64.5 Å². The minimum atomic E-state index is 0.858. The zero-order valence-electron chi connectivity index (χ0n) is 11.4. The van der Waals surface area contributed by atoms with Gasteiger partial charge in [0.15, 0.2) is 0 Å². The second kappa shape index (κ2) is 13.0. The van der Waals surface area contributed by atoms with Crippen molar-refractivity contribution in [2.24, 2.45) is 11.7 Å². The van der Waals surface area contributed by atoms with Crippen molar-refractivity contribution >= 4 is 0 Å². The van der Waals surface area contributed by atoms with Gasteiger partial charge in [-0.3, -0.25) is 0 Å². The summed E-state index contributed by atoms with van der Waals surface area (Å²) in [5.41, 5.74) is 5.45. The quantitative estimate of drug-likeness (QED) is 0.503. The van der Waals surface area contributed by atoms with Crippen LogP contribution in [-0.4, -0.2) is 19.6 Å². The SMILES string of the molecule is CCC(CC)CNCCCCCCCCN. The fraction of sp³-hybridized carbons (Fsp3) is 1.00. The molecule has 0 aliphatic rings. The van der Waals surface area contributed by atoms with Crippen LogP contribution in [-0.2, 0) is 0 Å². The highest BCUT2D eigenvalue weighted by molar-refractivity contribution is 4.58. The monoisotopic (exact) mass is 228 g/mol. The Kier molecular flexibility index (Phi) is 12.9. The lowest BCUT2D eigenvalue weighted by atomic mass is 10.0. The van der Waals surface area contributed by atoms with Crippen LogP contribution in [0.25, 0.3) is 0 Å². The van der Waals surface area contributed by atoms with Crippen molar-refractivity contribution in [1.82, 2.24) is 5.32 Å². The van der Waals surface area contributed by atoms with E-state index in [0.29, 0.717) is 0 Å². The number of hydrogen-bond donors (Lipinski definition) is 2. The molecule has 98 valence electrons. The molecule has 0 rings (SSSR count). The van der Waals surface area contributed by atoms with Crippen LogP contribution >= 0.6 is 0 Å². The molecule has 0 saturated heterocycles. The lowest BCUT2D eigenvalue weighted by Gasteiger charge is -2.12. The van der Waals surface area contributed by atoms with Gasteiger partial charge in [-0.25, -0.2) is 0 Å². The highest BCUT2D eigenvalue weighted by Gasteiger charge is 2.01. The molecule has 0 aliphatic carbocycles. The van der Waals surface area contributed by atoms with Gasteiger partial charge in [0.25, 0.3) is 0 Å². The third kappa shape index (κ3) is 10.4. The molecule has 0 aromatic rings. The maximum Gasteiger partial charge on any atom is -0.00207 e. The van der Waals surface area contributed by atoms with Gasteiger partial charge in [0, 0.05) is 0 Å². The van der Waals surface area contributed by atoms with E-state index in [1.54, 1.807) is 0 Å². The molecule has 16 heavy (non-hydrogen) atoms. The van der Waals surface area contributed by atoms with E-state index >= 15 is 0 Å². The third-order valence-corrected chi connectivity index (χ3v) is 3.40. The first-order valence-corrected chi connectivity index (χ1v) is 7.25. The average molecular weight is 228 g/mol. The zero-order chi connectivity index (χ0) is 12.1. The number of hydrogen-bond acceptors (Lipinski definition) is 2. The highest BCUT2D eigenvalue weighted by Crippen LogP contribution is 2.06. The van der Waals surface area contributed by atoms with Crippen molar-refractivity contribution in [2.75, 3.05) is 19.6 Å². The molecule has 2 nitrogen and oxygen atoms in total. The van der Waals surface area contributed by atoms with E-state index in [4.69, 9.17) is 5.73 Å². The number of unbranched alkanes of at least 4 members (excludes halogenated alkanes) is 5. The molecule has 0 spiro atoms. The van der Waals surface area contributed by atoms with Crippen LogP contribution in [0, 0.1) is 5.92 Å².